The van der Waals surface area contributed by atoms with Crippen molar-refractivity contribution in [1.29, 1.82) is 0 Å². The number of halogens is 2. The number of fused-ring (bicyclic) bond motifs is 1. The number of anilines is 2. The first-order valence-electron chi connectivity index (χ1n) is 12.3. The normalized spacial score (nSPS) is 22.3. The van der Waals surface area contributed by atoms with Gasteiger partial charge in [-0.05, 0) is 51.5 Å². The lowest BCUT2D eigenvalue weighted by Crippen LogP contribution is -2.48. The van der Waals surface area contributed by atoms with E-state index in [9.17, 15) is 18.7 Å². The number of carbonyl (C=O) groups is 1. The second-order valence-corrected chi connectivity index (χ2v) is 10.2. The summed E-state index contributed by atoms with van der Waals surface area (Å²) in [6, 6.07) is 1.78. The fourth-order valence-electron chi connectivity index (χ4n) is 5.04. The van der Waals surface area contributed by atoms with E-state index in [2.05, 4.69) is 25.4 Å². The molecular formula is C24H31F2N7O3. The van der Waals surface area contributed by atoms with Crippen LogP contribution in [-0.2, 0) is 4.74 Å². The molecular weight excluding hydrogens is 472 g/mol. The number of hydrogen-bond donors (Lipinski definition) is 2. The monoisotopic (exact) mass is 503 g/mol. The molecule has 10 nitrogen and oxygen atoms in total. The molecule has 0 atom stereocenters. The van der Waals surface area contributed by atoms with Crippen LogP contribution in [0.25, 0.3) is 5.65 Å². The Morgan fingerprint density at radius 2 is 2.08 bits per heavy atom. The van der Waals surface area contributed by atoms with Gasteiger partial charge in [0.2, 0.25) is 0 Å². The summed E-state index contributed by atoms with van der Waals surface area (Å²) in [5, 5.41) is 20.3. The van der Waals surface area contributed by atoms with Crippen LogP contribution in [0.2, 0.25) is 0 Å². The molecule has 194 valence electrons. The van der Waals surface area contributed by atoms with Crippen LogP contribution in [0.3, 0.4) is 0 Å². The summed E-state index contributed by atoms with van der Waals surface area (Å²) in [4.78, 5) is 19.9. The number of carbonyl (C=O) groups excluding carboxylic acids is 1. The van der Waals surface area contributed by atoms with Gasteiger partial charge in [-0.1, -0.05) is 0 Å². The third kappa shape index (κ3) is 4.92. The number of amides is 1. The van der Waals surface area contributed by atoms with Crippen molar-refractivity contribution in [1.82, 2.24) is 24.4 Å². The lowest BCUT2D eigenvalue weighted by molar-refractivity contribution is -0.0279. The lowest BCUT2D eigenvalue weighted by Gasteiger charge is -2.38. The van der Waals surface area contributed by atoms with Gasteiger partial charge in [-0.3, -0.25) is 9.48 Å². The summed E-state index contributed by atoms with van der Waals surface area (Å²) in [6.07, 6.45) is 4.84. The van der Waals surface area contributed by atoms with Gasteiger partial charge in [0.05, 0.1) is 30.1 Å². The predicted octanol–water partition coefficient (Wildman–Crippen LogP) is 3.45. The van der Waals surface area contributed by atoms with Crippen LogP contribution in [0.1, 0.15) is 68.0 Å². The smallest absolute Gasteiger partial charge is 0.284 e. The van der Waals surface area contributed by atoms with Crippen molar-refractivity contribution >= 4 is 23.1 Å². The number of nitrogens with one attached hydrogen (secondary N) is 1. The number of aromatic nitrogens is 5. The standard InChI is InChI=1S/C24H31F2N7O3/c1-24(2)14-31(9-10-36-24)19-7-8-32-22(29-19)17(11-27-32)23(35)28-18-12-33(30-20(18)21(25)26)16-5-3-15(13-34)4-6-16/h7-8,11-12,15-16,21,34H,3-6,9-10,13-14H2,1-2H3,(H,28,35). The van der Waals surface area contributed by atoms with E-state index >= 15 is 0 Å². The van der Waals surface area contributed by atoms with Gasteiger partial charge in [0.25, 0.3) is 12.3 Å². The second-order valence-electron chi connectivity index (χ2n) is 10.2. The average molecular weight is 504 g/mol. The summed E-state index contributed by atoms with van der Waals surface area (Å²) in [5.74, 6) is 0.345. The molecule has 2 N–H and O–H groups in total. The van der Waals surface area contributed by atoms with Crippen molar-refractivity contribution in [2.75, 3.05) is 36.5 Å². The van der Waals surface area contributed by atoms with E-state index in [0.29, 0.717) is 31.2 Å². The zero-order chi connectivity index (χ0) is 25.4. The van der Waals surface area contributed by atoms with E-state index < -0.39 is 18.0 Å². The van der Waals surface area contributed by atoms with Crippen LogP contribution in [0.15, 0.2) is 24.7 Å². The molecule has 1 aliphatic heterocycles. The molecule has 0 radical (unpaired) electrons. The minimum atomic E-state index is -2.84. The second kappa shape index (κ2) is 9.74. The lowest BCUT2D eigenvalue weighted by atomic mass is 9.87. The Balaban J connectivity index is 1.38. The molecule has 0 unspecified atom stereocenters. The number of aliphatic hydroxyl groups excluding tert-OH is 1. The fourth-order valence-corrected chi connectivity index (χ4v) is 5.04. The van der Waals surface area contributed by atoms with Crippen LogP contribution in [-0.4, -0.2) is 67.3 Å². The number of hydrogen-bond acceptors (Lipinski definition) is 7. The largest absolute Gasteiger partial charge is 0.396 e. The van der Waals surface area contributed by atoms with Crippen molar-refractivity contribution in [2.24, 2.45) is 5.92 Å². The molecule has 3 aromatic rings. The molecule has 36 heavy (non-hydrogen) atoms. The van der Waals surface area contributed by atoms with Crippen molar-refractivity contribution in [3.8, 4) is 0 Å². The Labute approximate surface area is 207 Å². The maximum atomic E-state index is 13.8. The highest BCUT2D eigenvalue weighted by Gasteiger charge is 2.29. The van der Waals surface area contributed by atoms with Gasteiger partial charge in [-0.25, -0.2) is 18.3 Å². The highest BCUT2D eigenvalue weighted by atomic mass is 19.3. The van der Waals surface area contributed by atoms with Gasteiger partial charge < -0.3 is 20.1 Å². The van der Waals surface area contributed by atoms with Crippen molar-refractivity contribution in [3.63, 3.8) is 0 Å². The first kappa shape index (κ1) is 24.6. The summed E-state index contributed by atoms with van der Waals surface area (Å²) in [6.45, 7) is 6.02. The maximum absolute atomic E-state index is 13.8. The molecule has 1 saturated carbocycles. The van der Waals surface area contributed by atoms with E-state index in [1.165, 1.54) is 21.6 Å². The van der Waals surface area contributed by atoms with Crippen molar-refractivity contribution in [2.45, 2.75) is 57.6 Å². The van der Waals surface area contributed by atoms with Gasteiger partial charge in [-0.2, -0.15) is 10.2 Å². The van der Waals surface area contributed by atoms with Gasteiger partial charge in [0.15, 0.2) is 11.3 Å². The van der Waals surface area contributed by atoms with E-state index in [4.69, 9.17) is 4.74 Å². The van der Waals surface area contributed by atoms with Crippen LogP contribution in [0.4, 0.5) is 20.3 Å². The first-order chi connectivity index (χ1) is 17.2. The minimum absolute atomic E-state index is 0.0234. The van der Waals surface area contributed by atoms with Gasteiger partial charge in [0, 0.05) is 32.1 Å². The van der Waals surface area contributed by atoms with Crippen molar-refractivity contribution in [3.05, 3.63) is 35.9 Å². The molecule has 5 rings (SSSR count). The highest BCUT2D eigenvalue weighted by molar-refractivity contribution is 6.08. The Bertz CT molecular complexity index is 1230. The van der Waals surface area contributed by atoms with Crippen molar-refractivity contribution < 1.29 is 23.4 Å². The third-order valence-electron chi connectivity index (χ3n) is 7.01. The van der Waals surface area contributed by atoms with Gasteiger partial charge in [0.1, 0.15) is 11.4 Å². The molecule has 0 aromatic carbocycles. The first-order valence-corrected chi connectivity index (χ1v) is 12.3. The quantitative estimate of drug-likeness (QED) is 0.530. The molecule has 0 spiro atoms. The third-order valence-corrected chi connectivity index (χ3v) is 7.01. The SMILES string of the molecule is CC1(C)CN(c2ccn3ncc(C(=O)Nc4cn(C5CCC(CO)CC5)nc4C(F)F)c3n2)CCO1. The summed E-state index contributed by atoms with van der Waals surface area (Å²) in [5.41, 5.74) is -0.295. The number of morpholine rings is 1. The number of aliphatic hydroxyl groups is 1. The minimum Gasteiger partial charge on any atom is -0.396 e. The highest BCUT2D eigenvalue weighted by Crippen LogP contribution is 2.34. The van der Waals surface area contributed by atoms with E-state index in [1.807, 2.05) is 19.9 Å². The van der Waals surface area contributed by atoms with Gasteiger partial charge in [-0.15, -0.1) is 0 Å². The zero-order valence-electron chi connectivity index (χ0n) is 20.4. The average Bonchev–Trinajstić information content (AvgIpc) is 3.47. The predicted molar refractivity (Wildman–Crippen MR) is 128 cm³/mol. The summed E-state index contributed by atoms with van der Waals surface area (Å²) < 4.78 is 36.4. The van der Waals surface area contributed by atoms with Crippen LogP contribution in [0.5, 0.6) is 0 Å². The molecule has 1 aliphatic carbocycles. The Hall–Kier alpha value is -3.12. The number of alkyl halides is 2. The molecule has 1 saturated heterocycles. The zero-order valence-corrected chi connectivity index (χ0v) is 20.4. The van der Waals surface area contributed by atoms with Crippen LogP contribution < -0.4 is 10.2 Å². The van der Waals surface area contributed by atoms with E-state index in [1.54, 1.807) is 6.20 Å². The summed E-state index contributed by atoms with van der Waals surface area (Å²) in [7, 11) is 0. The number of ether oxygens (including phenoxy) is 1. The molecule has 0 bridgehead atoms. The molecule has 4 heterocycles. The Morgan fingerprint density at radius 3 is 2.78 bits per heavy atom. The summed E-state index contributed by atoms with van der Waals surface area (Å²) >= 11 is 0. The van der Waals surface area contributed by atoms with Crippen LogP contribution >= 0.6 is 0 Å². The van der Waals surface area contributed by atoms with Crippen LogP contribution in [0, 0.1) is 5.92 Å². The van der Waals surface area contributed by atoms with Gasteiger partial charge >= 0.3 is 0 Å². The molecule has 2 aliphatic rings. The number of rotatable bonds is 6. The Kier molecular flexibility index (Phi) is 6.64. The molecule has 1 amide bonds. The maximum Gasteiger partial charge on any atom is 0.284 e. The number of nitrogens with zero attached hydrogens (tertiary/aromatic N) is 6. The molecule has 3 aromatic heterocycles. The Morgan fingerprint density at radius 1 is 1.31 bits per heavy atom. The van der Waals surface area contributed by atoms with E-state index in [0.717, 1.165) is 25.7 Å². The molecule has 12 heteroatoms. The van der Waals surface area contributed by atoms with E-state index in [-0.39, 0.29) is 35.4 Å². The topological polar surface area (TPSA) is 110 Å². The fraction of sp³-hybridized carbons (Fsp3) is 0.583. The molecule has 2 fully saturated rings.